The second kappa shape index (κ2) is 9.84. The van der Waals surface area contributed by atoms with Crippen LogP contribution in [0.5, 0.6) is 0 Å². The first-order valence-electron chi connectivity index (χ1n) is 13.5. The van der Waals surface area contributed by atoms with Gasteiger partial charge in [0.25, 0.3) is 0 Å². The minimum atomic E-state index is -0.177. The van der Waals surface area contributed by atoms with Gasteiger partial charge in [-0.25, -0.2) is 9.38 Å². The van der Waals surface area contributed by atoms with E-state index in [-0.39, 0.29) is 11.4 Å². The monoisotopic (exact) mass is 461 g/mol. The molecule has 2 fully saturated rings. The quantitative estimate of drug-likeness (QED) is 0.422. The lowest BCUT2D eigenvalue weighted by atomic mass is 9.63. The SMILES string of the molecule is CCCCC1CCC2CC(c3ccc(-c4ccc(C5=NC(C)(C)CO5)cc4)c(F)c3)CCC2C1. The molecule has 1 aliphatic heterocycles. The van der Waals surface area contributed by atoms with Crippen LogP contribution in [-0.2, 0) is 4.74 Å². The van der Waals surface area contributed by atoms with E-state index in [1.165, 1.54) is 63.4 Å². The summed E-state index contributed by atoms with van der Waals surface area (Å²) >= 11 is 0. The van der Waals surface area contributed by atoms with Crippen molar-refractivity contribution in [2.24, 2.45) is 22.7 Å². The number of hydrogen-bond donors (Lipinski definition) is 0. The first-order chi connectivity index (χ1) is 16.4. The van der Waals surface area contributed by atoms with E-state index in [2.05, 4.69) is 31.8 Å². The van der Waals surface area contributed by atoms with Gasteiger partial charge in [-0.05, 0) is 98.9 Å². The Morgan fingerprint density at radius 3 is 2.38 bits per heavy atom. The molecule has 34 heavy (non-hydrogen) atoms. The highest BCUT2D eigenvalue weighted by Gasteiger charge is 2.36. The normalized spacial score (nSPS) is 28.2. The van der Waals surface area contributed by atoms with Crippen molar-refractivity contribution in [3.63, 3.8) is 0 Å². The zero-order valence-corrected chi connectivity index (χ0v) is 21.2. The average Bonchev–Trinajstić information content (AvgIpc) is 3.22. The van der Waals surface area contributed by atoms with E-state index in [0.717, 1.165) is 28.9 Å². The van der Waals surface area contributed by atoms with Crippen molar-refractivity contribution in [1.82, 2.24) is 0 Å². The molecule has 2 aromatic carbocycles. The summed E-state index contributed by atoms with van der Waals surface area (Å²) in [6.45, 7) is 7.03. The van der Waals surface area contributed by atoms with Crippen LogP contribution in [-0.4, -0.2) is 18.0 Å². The molecule has 0 amide bonds. The Bertz CT molecular complexity index is 1020. The highest BCUT2D eigenvalue weighted by molar-refractivity contribution is 5.95. The van der Waals surface area contributed by atoms with Crippen LogP contribution < -0.4 is 0 Å². The van der Waals surface area contributed by atoms with Crippen molar-refractivity contribution in [3.05, 3.63) is 59.4 Å². The van der Waals surface area contributed by atoms with Gasteiger partial charge in [-0.15, -0.1) is 0 Å². The molecule has 2 aromatic rings. The molecule has 3 aliphatic rings. The number of benzene rings is 2. The molecule has 4 unspecified atom stereocenters. The summed E-state index contributed by atoms with van der Waals surface area (Å²) < 4.78 is 21.0. The fourth-order valence-corrected chi connectivity index (χ4v) is 6.59. The summed E-state index contributed by atoms with van der Waals surface area (Å²) in [7, 11) is 0. The molecule has 3 heteroatoms. The maximum atomic E-state index is 15.2. The molecule has 2 nitrogen and oxygen atoms in total. The van der Waals surface area contributed by atoms with Crippen LogP contribution in [0.25, 0.3) is 11.1 Å². The topological polar surface area (TPSA) is 21.6 Å². The summed E-state index contributed by atoms with van der Waals surface area (Å²) in [5.74, 6) is 3.81. The largest absolute Gasteiger partial charge is 0.475 e. The van der Waals surface area contributed by atoms with E-state index in [4.69, 9.17) is 4.74 Å². The standard InChI is InChI=1S/C31H40FNO/c1-4-5-6-21-7-8-25-18-26(14-13-24(25)17-21)27-15-16-28(29(32)19-27)22-9-11-23(12-10-22)30-33-31(2,3)20-34-30/h9-12,15-16,19,21,24-26H,4-8,13-14,17-18,20H2,1-3H3. The van der Waals surface area contributed by atoms with Gasteiger partial charge in [-0.1, -0.05) is 56.9 Å². The summed E-state index contributed by atoms with van der Waals surface area (Å²) in [5, 5.41) is 0. The Hall–Kier alpha value is -2.16. The number of ether oxygens (including phenoxy) is 1. The number of unbranched alkanes of at least 4 members (excludes halogenated alkanes) is 1. The molecule has 0 N–H and O–H groups in total. The summed E-state index contributed by atoms with van der Waals surface area (Å²) in [4.78, 5) is 4.64. The number of aliphatic imine (C=N–C) groups is 1. The van der Waals surface area contributed by atoms with Crippen molar-refractivity contribution >= 4 is 5.90 Å². The van der Waals surface area contributed by atoms with Crippen LogP contribution in [0.4, 0.5) is 4.39 Å². The molecule has 0 spiro atoms. The predicted octanol–water partition coefficient (Wildman–Crippen LogP) is 8.54. The number of hydrogen-bond acceptors (Lipinski definition) is 2. The van der Waals surface area contributed by atoms with Gasteiger partial charge < -0.3 is 4.74 Å². The molecule has 0 saturated heterocycles. The second-order valence-corrected chi connectivity index (χ2v) is 11.7. The molecule has 0 radical (unpaired) electrons. The lowest BCUT2D eigenvalue weighted by Crippen LogP contribution is -2.30. The zero-order valence-electron chi connectivity index (χ0n) is 21.2. The Morgan fingerprint density at radius 1 is 0.941 bits per heavy atom. The summed E-state index contributed by atoms with van der Waals surface area (Å²) in [6, 6.07) is 13.9. The highest BCUT2D eigenvalue weighted by Crippen LogP contribution is 2.48. The van der Waals surface area contributed by atoms with Gasteiger partial charge in [0.15, 0.2) is 0 Å². The van der Waals surface area contributed by atoms with Gasteiger partial charge in [-0.2, -0.15) is 0 Å². The van der Waals surface area contributed by atoms with Crippen LogP contribution in [0.15, 0.2) is 47.5 Å². The third-order valence-corrected chi connectivity index (χ3v) is 8.56. The van der Waals surface area contributed by atoms with E-state index in [9.17, 15) is 0 Å². The third-order valence-electron chi connectivity index (χ3n) is 8.56. The van der Waals surface area contributed by atoms with Crippen molar-refractivity contribution < 1.29 is 9.13 Å². The molecule has 182 valence electrons. The van der Waals surface area contributed by atoms with Crippen LogP contribution in [0.3, 0.4) is 0 Å². The van der Waals surface area contributed by atoms with Crippen molar-refractivity contribution in [2.45, 2.75) is 90.0 Å². The molecule has 0 aromatic heterocycles. The molecule has 0 bridgehead atoms. The zero-order chi connectivity index (χ0) is 23.7. The Balaban J connectivity index is 1.24. The van der Waals surface area contributed by atoms with Gasteiger partial charge in [0.2, 0.25) is 5.90 Å². The van der Waals surface area contributed by atoms with E-state index < -0.39 is 0 Å². The molecule has 2 aliphatic carbocycles. The number of nitrogens with zero attached hydrogens (tertiary/aromatic N) is 1. The lowest BCUT2D eigenvalue weighted by molar-refractivity contribution is 0.113. The van der Waals surface area contributed by atoms with Crippen molar-refractivity contribution in [1.29, 1.82) is 0 Å². The van der Waals surface area contributed by atoms with Crippen LogP contribution in [0, 0.1) is 23.6 Å². The Labute approximate surface area is 205 Å². The molecule has 4 atom stereocenters. The minimum absolute atomic E-state index is 0.105. The lowest BCUT2D eigenvalue weighted by Gasteiger charge is -2.42. The Kier molecular flexibility index (Phi) is 6.82. The maximum Gasteiger partial charge on any atom is 0.216 e. The van der Waals surface area contributed by atoms with Gasteiger partial charge in [-0.3, -0.25) is 0 Å². The van der Waals surface area contributed by atoms with Gasteiger partial charge >= 0.3 is 0 Å². The van der Waals surface area contributed by atoms with Gasteiger partial charge in [0.1, 0.15) is 12.4 Å². The first kappa shape index (κ1) is 23.6. The fraction of sp³-hybridized carbons (Fsp3) is 0.581. The smallest absolute Gasteiger partial charge is 0.216 e. The number of fused-ring (bicyclic) bond motifs is 1. The summed E-state index contributed by atoms with van der Waals surface area (Å²) in [6.07, 6.45) is 12.2. The first-order valence-corrected chi connectivity index (χ1v) is 13.5. The van der Waals surface area contributed by atoms with Crippen LogP contribution in [0.1, 0.15) is 95.6 Å². The van der Waals surface area contributed by atoms with E-state index in [1.54, 1.807) is 0 Å². The van der Waals surface area contributed by atoms with Crippen LogP contribution in [0.2, 0.25) is 0 Å². The highest BCUT2D eigenvalue weighted by atomic mass is 19.1. The Morgan fingerprint density at radius 2 is 1.68 bits per heavy atom. The average molecular weight is 462 g/mol. The van der Waals surface area contributed by atoms with E-state index in [0.29, 0.717) is 24.0 Å². The molecular weight excluding hydrogens is 421 g/mol. The van der Waals surface area contributed by atoms with E-state index >= 15 is 4.39 Å². The molecule has 5 rings (SSSR count). The summed E-state index contributed by atoms with van der Waals surface area (Å²) in [5.41, 5.74) is 3.55. The van der Waals surface area contributed by atoms with Crippen molar-refractivity contribution in [2.75, 3.05) is 6.61 Å². The van der Waals surface area contributed by atoms with Crippen molar-refractivity contribution in [3.8, 4) is 11.1 Å². The maximum absolute atomic E-state index is 15.2. The van der Waals surface area contributed by atoms with Gasteiger partial charge in [0.05, 0.1) is 5.54 Å². The minimum Gasteiger partial charge on any atom is -0.475 e. The molecular formula is C31H40FNO. The van der Waals surface area contributed by atoms with Gasteiger partial charge in [0, 0.05) is 11.1 Å². The number of halogens is 1. The predicted molar refractivity (Wildman–Crippen MR) is 139 cm³/mol. The fourth-order valence-electron chi connectivity index (χ4n) is 6.59. The third kappa shape index (κ3) is 5.09. The molecule has 1 heterocycles. The molecule has 2 saturated carbocycles. The second-order valence-electron chi connectivity index (χ2n) is 11.7. The van der Waals surface area contributed by atoms with Crippen LogP contribution >= 0.6 is 0 Å². The van der Waals surface area contributed by atoms with E-state index in [1.807, 2.05) is 36.4 Å². The number of rotatable bonds is 6.